The molecular weight excluding hydrogens is 190 g/mol. The molecule has 0 aliphatic heterocycles. The Hall–Kier alpha value is -1.53. The maximum Gasteiger partial charge on any atom is 0.409 e. The fraction of sp³-hybridized carbons (Fsp3) is 0.111. The Morgan fingerprint density at radius 2 is 1.92 bits per heavy atom. The lowest BCUT2D eigenvalue weighted by Gasteiger charge is -1.95. The van der Waals surface area contributed by atoms with E-state index >= 15 is 0 Å². The van der Waals surface area contributed by atoms with Gasteiger partial charge < -0.3 is 4.74 Å². The molecule has 0 bridgehead atoms. The van der Waals surface area contributed by atoms with Gasteiger partial charge >= 0.3 is 5.43 Å². The van der Waals surface area contributed by atoms with Crippen molar-refractivity contribution >= 4 is 17.0 Å². The molecule has 0 N–H and O–H groups in total. The zero-order valence-electron chi connectivity index (χ0n) is 7.03. The molecule has 0 aliphatic carbocycles. The monoisotopic (exact) mass is 197 g/mol. The van der Waals surface area contributed by atoms with E-state index in [2.05, 4.69) is 4.74 Å². The number of carbonyl (C=O) groups is 1. The van der Waals surface area contributed by atoms with E-state index in [9.17, 15) is 4.79 Å². The Bertz CT molecular complexity index is 292. The van der Waals surface area contributed by atoms with Crippen LogP contribution in [0, 0.1) is 11.3 Å². The van der Waals surface area contributed by atoms with E-state index in [1.165, 1.54) is 6.92 Å². The zero-order valence-corrected chi connectivity index (χ0v) is 7.78. The van der Waals surface area contributed by atoms with Crippen LogP contribution >= 0.6 is 11.6 Å². The van der Waals surface area contributed by atoms with Gasteiger partial charge in [-0.1, -0.05) is 18.2 Å². The van der Waals surface area contributed by atoms with E-state index in [0.717, 1.165) is 0 Å². The first-order chi connectivity index (χ1) is 6.20. The summed E-state index contributed by atoms with van der Waals surface area (Å²) in [7, 11) is 0. The molecule has 3 nitrogen and oxygen atoms in total. The average molecular weight is 198 g/mol. The molecule has 68 valence electrons. The molecule has 0 radical (unpaired) electrons. The minimum absolute atomic E-state index is 0.461. The first-order valence-electron chi connectivity index (χ1n) is 3.44. The molecule has 1 aromatic rings. The molecule has 4 heteroatoms. The van der Waals surface area contributed by atoms with Crippen molar-refractivity contribution in [2.45, 2.75) is 6.92 Å². The van der Waals surface area contributed by atoms with Crippen molar-refractivity contribution in [3.63, 3.8) is 0 Å². The molecule has 1 aromatic carbocycles. The van der Waals surface area contributed by atoms with Crippen molar-refractivity contribution in [2.24, 2.45) is 0 Å². The zero-order chi connectivity index (χ0) is 10.1. The van der Waals surface area contributed by atoms with Crippen molar-refractivity contribution in [1.82, 2.24) is 0 Å². The number of ether oxygens (including phenoxy) is 1. The van der Waals surface area contributed by atoms with Crippen LogP contribution in [0.15, 0.2) is 30.3 Å². The molecule has 0 aromatic heterocycles. The van der Waals surface area contributed by atoms with Gasteiger partial charge in [0, 0.05) is 18.5 Å². The van der Waals surface area contributed by atoms with E-state index in [1.54, 1.807) is 30.3 Å². The van der Waals surface area contributed by atoms with Crippen molar-refractivity contribution in [2.75, 3.05) is 0 Å². The van der Waals surface area contributed by atoms with E-state index in [4.69, 9.17) is 16.9 Å². The quantitative estimate of drug-likeness (QED) is 0.651. The van der Waals surface area contributed by atoms with Crippen LogP contribution in [-0.4, -0.2) is 5.43 Å². The normalized spacial score (nSPS) is 7.46. The van der Waals surface area contributed by atoms with E-state index in [0.29, 0.717) is 5.75 Å². The van der Waals surface area contributed by atoms with Crippen LogP contribution in [0.25, 0.3) is 0 Å². The topological polar surface area (TPSA) is 50.1 Å². The van der Waals surface area contributed by atoms with Gasteiger partial charge in [0.25, 0.3) is 0 Å². The number of para-hydroxylation sites is 1. The lowest BCUT2D eigenvalue weighted by atomic mass is 10.3. The summed E-state index contributed by atoms with van der Waals surface area (Å²) in [5.74, 6) is 0.461. The summed E-state index contributed by atoms with van der Waals surface area (Å²) in [6.45, 7) is 1.43. The van der Waals surface area contributed by atoms with Crippen LogP contribution in [0.2, 0.25) is 0 Å². The van der Waals surface area contributed by atoms with Gasteiger partial charge in [0.1, 0.15) is 5.75 Å². The van der Waals surface area contributed by atoms with Gasteiger partial charge in [0.2, 0.25) is 0 Å². The minimum Gasteiger partial charge on any atom is -0.415 e. The summed E-state index contributed by atoms with van der Waals surface area (Å²) in [6.07, 6.45) is 0. The lowest BCUT2D eigenvalue weighted by molar-refractivity contribution is 0.225. The molecule has 0 saturated heterocycles. The van der Waals surface area contributed by atoms with Crippen LogP contribution in [0.5, 0.6) is 5.75 Å². The van der Waals surface area contributed by atoms with Crippen molar-refractivity contribution in [1.29, 1.82) is 5.26 Å². The molecule has 1 rings (SSSR count). The number of rotatable bonds is 1. The number of hydrogen-bond donors (Lipinski definition) is 0. The number of carbonyl (C=O) groups excluding carboxylic acids is 1. The Labute approximate surface area is 81.5 Å². The van der Waals surface area contributed by atoms with Crippen LogP contribution in [0.3, 0.4) is 0 Å². The summed E-state index contributed by atoms with van der Waals surface area (Å²) < 4.78 is 4.54. The number of benzene rings is 1. The van der Waals surface area contributed by atoms with Gasteiger partial charge in [-0.15, -0.1) is 0 Å². The second-order valence-electron chi connectivity index (χ2n) is 1.88. The van der Waals surface area contributed by atoms with Crippen LogP contribution in [0.1, 0.15) is 6.92 Å². The maximum absolute atomic E-state index is 10.2. The second-order valence-corrected chi connectivity index (χ2v) is 2.18. The summed E-state index contributed by atoms with van der Waals surface area (Å²) in [4.78, 5) is 10.2. The summed E-state index contributed by atoms with van der Waals surface area (Å²) in [5, 5.41) is 7.32. The SMILES string of the molecule is CC#N.O=C(Cl)Oc1ccccc1. The molecule has 0 spiro atoms. The molecule has 0 fully saturated rings. The van der Waals surface area contributed by atoms with Gasteiger partial charge in [0.15, 0.2) is 0 Å². The van der Waals surface area contributed by atoms with Gasteiger partial charge in [-0.05, 0) is 12.1 Å². The van der Waals surface area contributed by atoms with Crippen molar-refractivity contribution in [3.8, 4) is 11.8 Å². The Balaban J connectivity index is 0.000000424. The lowest BCUT2D eigenvalue weighted by Crippen LogP contribution is -1.94. The van der Waals surface area contributed by atoms with Gasteiger partial charge in [-0.3, -0.25) is 0 Å². The third-order valence-electron chi connectivity index (χ3n) is 0.941. The smallest absolute Gasteiger partial charge is 0.409 e. The molecule has 0 amide bonds. The number of nitriles is 1. The molecular formula is C9H8ClNO2. The van der Waals surface area contributed by atoms with Gasteiger partial charge in [-0.25, -0.2) is 4.79 Å². The molecule has 0 unspecified atom stereocenters. The Morgan fingerprint density at radius 1 is 1.46 bits per heavy atom. The maximum atomic E-state index is 10.2. The highest BCUT2D eigenvalue weighted by Gasteiger charge is 1.95. The fourth-order valence-electron chi connectivity index (χ4n) is 0.581. The Morgan fingerprint density at radius 3 is 2.31 bits per heavy atom. The van der Waals surface area contributed by atoms with Crippen LogP contribution in [-0.2, 0) is 0 Å². The molecule has 0 saturated carbocycles. The van der Waals surface area contributed by atoms with Crippen molar-refractivity contribution in [3.05, 3.63) is 30.3 Å². The molecule has 0 atom stereocenters. The Kier molecular flexibility index (Phi) is 6.30. The third kappa shape index (κ3) is 6.85. The largest absolute Gasteiger partial charge is 0.415 e. The first-order valence-corrected chi connectivity index (χ1v) is 3.81. The van der Waals surface area contributed by atoms with Gasteiger partial charge in [-0.2, -0.15) is 5.26 Å². The van der Waals surface area contributed by atoms with Crippen LogP contribution in [0.4, 0.5) is 4.79 Å². The second kappa shape index (κ2) is 7.14. The highest BCUT2D eigenvalue weighted by molar-refractivity contribution is 6.61. The third-order valence-corrected chi connectivity index (χ3v) is 1.02. The minimum atomic E-state index is -0.814. The first kappa shape index (κ1) is 11.5. The average Bonchev–Trinajstić information content (AvgIpc) is 2.06. The van der Waals surface area contributed by atoms with E-state index in [-0.39, 0.29) is 0 Å². The van der Waals surface area contributed by atoms with E-state index in [1.807, 2.05) is 6.07 Å². The molecule has 0 heterocycles. The summed E-state index contributed by atoms with van der Waals surface area (Å²) in [6, 6.07) is 10.4. The highest BCUT2D eigenvalue weighted by Crippen LogP contribution is 2.09. The number of halogens is 1. The van der Waals surface area contributed by atoms with E-state index < -0.39 is 5.43 Å². The van der Waals surface area contributed by atoms with Gasteiger partial charge in [0.05, 0.1) is 6.07 Å². The summed E-state index contributed by atoms with van der Waals surface area (Å²) in [5.41, 5.74) is -0.814. The predicted octanol–water partition coefficient (Wildman–Crippen LogP) is 2.95. The standard InChI is InChI=1S/C7H5ClO2.C2H3N/c8-7(9)10-6-4-2-1-3-5-6;1-2-3/h1-5H;1H3. The predicted molar refractivity (Wildman–Crippen MR) is 49.6 cm³/mol. The van der Waals surface area contributed by atoms with Crippen LogP contribution < -0.4 is 4.74 Å². The highest BCUT2D eigenvalue weighted by atomic mass is 35.5. The summed E-state index contributed by atoms with van der Waals surface area (Å²) >= 11 is 4.95. The number of hydrogen-bond acceptors (Lipinski definition) is 3. The van der Waals surface area contributed by atoms with Crippen molar-refractivity contribution < 1.29 is 9.53 Å². The molecule has 13 heavy (non-hydrogen) atoms. The molecule has 0 aliphatic rings. The fourth-order valence-corrected chi connectivity index (χ4v) is 0.670. The number of nitrogens with zero attached hydrogens (tertiary/aromatic N) is 1.